The van der Waals surface area contributed by atoms with Crippen LogP contribution in [0.25, 0.3) is 23.3 Å². The molecule has 0 saturated heterocycles. The number of anilines is 3. The molecule has 0 aromatic heterocycles. The molecule has 0 unspecified atom stereocenters. The third-order valence-electron chi connectivity index (χ3n) is 7.14. The van der Waals surface area contributed by atoms with Crippen LogP contribution in [0.4, 0.5) is 17.1 Å². The normalized spacial score (nSPS) is 11.6. The number of rotatable bonds is 6. The van der Waals surface area contributed by atoms with Crippen molar-refractivity contribution >= 4 is 29.2 Å². The van der Waals surface area contributed by atoms with Gasteiger partial charge in [0, 0.05) is 17.1 Å². The second-order valence-corrected chi connectivity index (χ2v) is 11.4. The smallest absolute Gasteiger partial charge is 0.0464 e. The Kier molecular flexibility index (Phi) is 7.52. The lowest BCUT2D eigenvalue weighted by molar-refractivity contribution is 0.589. The highest BCUT2D eigenvalue weighted by Gasteiger charge is 2.20. The van der Waals surface area contributed by atoms with Gasteiger partial charge in [0.05, 0.1) is 0 Å². The molecular weight excluding hydrogens is 470 g/mol. The van der Waals surface area contributed by atoms with E-state index in [1.807, 2.05) is 0 Å². The van der Waals surface area contributed by atoms with Crippen LogP contribution in [-0.2, 0) is 5.41 Å². The number of hydrogen-bond donors (Lipinski definition) is 0. The largest absolute Gasteiger partial charge is 0.310 e. The van der Waals surface area contributed by atoms with Gasteiger partial charge in [-0.05, 0) is 89.5 Å². The van der Waals surface area contributed by atoms with E-state index in [4.69, 9.17) is 0 Å². The Bertz CT molecular complexity index is 1520. The van der Waals surface area contributed by atoms with Gasteiger partial charge >= 0.3 is 0 Å². The molecule has 1 nitrogen and oxygen atoms in total. The zero-order valence-electron chi connectivity index (χ0n) is 23.6. The monoisotopic (exact) mass is 507 g/mol. The van der Waals surface area contributed by atoms with Gasteiger partial charge in [0.2, 0.25) is 0 Å². The van der Waals surface area contributed by atoms with E-state index in [0.29, 0.717) is 0 Å². The van der Waals surface area contributed by atoms with E-state index >= 15 is 0 Å². The van der Waals surface area contributed by atoms with Crippen molar-refractivity contribution in [3.05, 3.63) is 149 Å². The van der Waals surface area contributed by atoms with Gasteiger partial charge in [0.15, 0.2) is 0 Å². The van der Waals surface area contributed by atoms with E-state index < -0.39 is 0 Å². The highest BCUT2D eigenvalue weighted by Crippen LogP contribution is 2.38. The van der Waals surface area contributed by atoms with Crippen molar-refractivity contribution < 1.29 is 0 Å². The molecule has 194 valence electrons. The summed E-state index contributed by atoms with van der Waals surface area (Å²) in [5, 5.41) is 0. The third kappa shape index (κ3) is 6.21. The van der Waals surface area contributed by atoms with Crippen LogP contribution in [0.3, 0.4) is 0 Å². The van der Waals surface area contributed by atoms with Crippen LogP contribution in [0, 0.1) is 13.8 Å². The van der Waals surface area contributed by atoms with E-state index in [0.717, 1.165) is 17.1 Å². The van der Waals surface area contributed by atoms with Crippen molar-refractivity contribution in [1.29, 1.82) is 0 Å². The van der Waals surface area contributed by atoms with Gasteiger partial charge in [-0.25, -0.2) is 0 Å². The minimum atomic E-state index is -0.0200. The predicted octanol–water partition coefficient (Wildman–Crippen LogP) is 10.9. The van der Waals surface area contributed by atoms with E-state index in [-0.39, 0.29) is 5.41 Å². The summed E-state index contributed by atoms with van der Waals surface area (Å²) in [5.74, 6) is 0. The fraction of sp³-hybridized carbons (Fsp3) is 0.158. The fourth-order valence-corrected chi connectivity index (χ4v) is 4.95. The van der Waals surface area contributed by atoms with Gasteiger partial charge in [-0.3, -0.25) is 0 Å². The van der Waals surface area contributed by atoms with Crippen molar-refractivity contribution in [3.63, 3.8) is 0 Å². The van der Waals surface area contributed by atoms with Gasteiger partial charge in [0.25, 0.3) is 0 Å². The second kappa shape index (κ2) is 11.2. The average molecular weight is 508 g/mol. The summed E-state index contributed by atoms with van der Waals surface area (Å²) >= 11 is 0. The van der Waals surface area contributed by atoms with E-state index in [1.54, 1.807) is 0 Å². The lowest BCUT2D eigenvalue weighted by Gasteiger charge is -2.29. The summed E-state index contributed by atoms with van der Waals surface area (Å²) in [6.07, 6.45) is 4.49. The Labute approximate surface area is 234 Å². The first-order valence-corrected chi connectivity index (χ1v) is 13.7. The van der Waals surface area contributed by atoms with E-state index in [9.17, 15) is 0 Å². The zero-order valence-corrected chi connectivity index (χ0v) is 23.6. The van der Waals surface area contributed by atoms with Crippen molar-refractivity contribution in [3.8, 4) is 11.1 Å². The minimum Gasteiger partial charge on any atom is -0.310 e. The predicted molar refractivity (Wildman–Crippen MR) is 170 cm³/mol. The maximum atomic E-state index is 2.36. The molecule has 0 heterocycles. The summed E-state index contributed by atoms with van der Waals surface area (Å²) in [6, 6.07) is 43.7. The van der Waals surface area contributed by atoms with Crippen LogP contribution in [0.5, 0.6) is 0 Å². The minimum absolute atomic E-state index is 0.0200. The maximum absolute atomic E-state index is 2.36. The van der Waals surface area contributed by atoms with Crippen LogP contribution in [-0.4, -0.2) is 0 Å². The van der Waals surface area contributed by atoms with Crippen LogP contribution < -0.4 is 4.90 Å². The van der Waals surface area contributed by atoms with Gasteiger partial charge in [-0.15, -0.1) is 0 Å². The zero-order chi connectivity index (χ0) is 27.4. The van der Waals surface area contributed by atoms with Crippen LogP contribution in [0.15, 0.2) is 121 Å². The fourth-order valence-electron chi connectivity index (χ4n) is 4.95. The molecule has 0 aliphatic rings. The van der Waals surface area contributed by atoms with E-state index in [1.165, 1.54) is 38.9 Å². The third-order valence-corrected chi connectivity index (χ3v) is 7.14. The molecular formula is C38H37N. The van der Waals surface area contributed by atoms with Gasteiger partial charge in [-0.2, -0.15) is 0 Å². The highest BCUT2D eigenvalue weighted by atomic mass is 15.1. The Morgan fingerprint density at radius 1 is 0.513 bits per heavy atom. The second-order valence-electron chi connectivity index (χ2n) is 11.4. The first kappa shape index (κ1) is 26.3. The molecule has 5 aromatic rings. The lowest BCUT2D eigenvalue weighted by atomic mass is 9.83. The molecule has 5 aromatic carbocycles. The van der Waals surface area contributed by atoms with Gasteiger partial charge < -0.3 is 4.90 Å². The molecule has 0 radical (unpaired) electrons. The van der Waals surface area contributed by atoms with Crippen molar-refractivity contribution in [1.82, 2.24) is 0 Å². The summed E-state index contributed by atoms with van der Waals surface area (Å²) in [7, 11) is 0. The molecule has 0 spiro atoms. The Balaban J connectivity index is 1.55. The molecule has 0 N–H and O–H groups in total. The highest BCUT2D eigenvalue weighted by molar-refractivity contribution is 5.80. The topological polar surface area (TPSA) is 3.24 Å². The molecule has 1 heteroatoms. The molecule has 0 amide bonds. The molecule has 0 aliphatic heterocycles. The van der Waals surface area contributed by atoms with Crippen LogP contribution in [0.2, 0.25) is 0 Å². The first-order chi connectivity index (χ1) is 18.8. The summed E-state index contributed by atoms with van der Waals surface area (Å²) in [6.45, 7) is 11.1. The van der Waals surface area contributed by atoms with Gasteiger partial charge in [-0.1, -0.05) is 123 Å². The van der Waals surface area contributed by atoms with E-state index in [2.05, 4.69) is 173 Å². The molecule has 0 atom stereocenters. The van der Waals surface area contributed by atoms with Crippen molar-refractivity contribution in [2.75, 3.05) is 4.90 Å². The number of aryl methyl sites for hydroxylation is 2. The van der Waals surface area contributed by atoms with Crippen molar-refractivity contribution in [2.45, 2.75) is 40.0 Å². The molecule has 0 bridgehead atoms. The molecule has 0 aliphatic carbocycles. The Hall–Kier alpha value is -4.36. The SMILES string of the molecule is Cc1ccc(N(c2ccc(C)cc2)c2ccc(C=Cc3cccc(-c4ccccc4)c3)c(C(C)(C)C)c2)cc1. The number of hydrogen-bond acceptors (Lipinski definition) is 1. The van der Waals surface area contributed by atoms with Crippen LogP contribution >= 0.6 is 0 Å². The van der Waals surface area contributed by atoms with Crippen molar-refractivity contribution in [2.24, 2.45) is 0 Å². The quantitative estimate of drug-likeness (QED) is 0.207. The van der Waals surface area contributed by atoms with Crippen LogP contribution in [0.1, 0.15) is 48.6 Å². The molecule has 5 rings (SSSR count). The average Bonchev–Trinajstić information content (AvgIpc) is 2.94. The number of nitrogens with zero attached hydrogens (tertiary/aromatic N) is 1. The lowest BCUT2D eigenvalue weighted by Crippen LogP contribution is -2.16. The van der Waals surface area contributed by atoms with Gasteiger partial charge in [0.1, 0.15) is 0 Å². The maximum Gasteiger partial charge on any atom is 0.0464 e. The molecule has 39 heavy (non-hydrogen) atoms. The summed E-state index contributed by atoms with van der Waals surface area (Å²) in [5.41, 5.74) is 12.2. The number of benzene rings is 5. The Morgan fingerprint density at radius 2 is 1.08 bits per heavy atom. The molecule has 0 fully saturated rings. The molecule has 0 saturated carbocycles. The standard InChI is InChI=1S/C38H37N/c1-28-14-21-34(22-15-28)39(35-23-16-29(2)17-24-35)36-25-20-32(37(27-36)38(3,4)5)19-18-30-10-9-13-33(26-30)31-11-7-6-8-12-31/h6-27H,1-5H3. The summed E-state index contributed by atoms with van der Waals surface area (Å²) in [4.78, 5) is 2.35. The first-order valence-electron chi connectivity index (χ1n) is 13.7. The summed E-state index contributed by atoms with van der Waals surface area (Å²) < 4.78 is 0. The Morgan fingerprint density at radius 3 is 1.67 bits per heavy atom.